The summed E-state index contributed by atoms with van der Waals surface area (Å²) in [6.07, 6.45) is 0.469. The highest BCUT2D eigenvalue weighted by Gasteiger charge is 2.20. The molecule has 0 aliphatic rings. The molecule has 142 valence electrons. The molecule has 3 aromatic rings. The van der Waals surface area contributed by atoms with Crippen molar-refractivity contribution in [3.05, 3.63) is 53.6 Å². The Morgan fingerprint density at radius 1 is 1.11 bits per heavy atom. The molecule has 0 radical (unpaired) electrons. The molecule has 0 aliphatic heterocycles. The van der Waals surface area contributed by atoms with Gasteiger partial charge >= 0.3 is 0 Å². The number of benzene rings is 2. The zero-order chi connectivity index (χ0) is 19.2. The smallest absolute Gasteiger partial charge is 0.229 e. The van der Waals surface area contributed by atoms with Gasteiger partial charge in [0, 0.05) is 30.2 Å². The fourth-order valence-corrected chi connectivity index (χ4v) is 4.72. The molecule has 0 aliphatic carbocycles. The lowest BCUT2D eigenvalue weighted by Crippen LogP contribution is -2.36. The van der Waals surface area contributed by atoms with E-state index < -0.39 is 0 Å². The van der Waals surface area contributed by atoms with Crippen molar-refractivity contribution >= 4 is 56.0 Å². The highest BCUT2D eigenvalue weighted by Crippen LogP contribution is 2.33. The molecule has 2 aromatic carbocycles. The van der Waals surface area contributed by atoms with Gasteiger partial charge in [-0.15, -0.1) is 11.8 Å². The van der Waals surface area contributed by atoms with E-state index in [9.17, 15) is 4.79 Å². The predicted molar refractivity (Wildman–Crippen MR) is 117 cm³/mol. The summed E-state index contributed by atoms with van der Waals surface area (Å²) in [5.74, 6) is 0.836. The van der Waals surface area contributed by atoms with Gasteiger partial charge in [-0.3, -0.25) is 9.69 Å². The van der Waals surface area contributed by atoms with Gasteiger partial charge in [-0.2, -0.15) is 0 Å². The molecule has 27 heavy (non-hydrogen) atoms. The molecule has 1 aromatic heterocycles. The number of rotatable bonds is 8. The third-order valence-corrected chi connectivity index (χ3v) is 6.35. The molecule has 0 saturated carbocycles. The molecule has 4 nitrogen and oxygen atoms in total. The number of carbonyl (C=O) groups is 1. The minimum Gasteiger partial charge on any atom is -0.308 e. The first-order chi connectivity index (χ1) is 13.0. The monoisotopic (exact) mass is 419 g/mol. The summed E-state index contributed by atoms with van der Waals surface area (Å²) in [5.41, 5.74) is 0.764. The summed E-state index contributed by atoms with van der Waals surface area (Å²) >= 11 is 9.47. The quantitative estimate of drug-likeness (QED) is 0.480. The molecule has 0 saturated heterocycles. The van der Waals surface area contributed by atoms with Gasteiger partial charge in [0.05, 0.1) is 9.72 Å². The van der Waals surface area contributed by atoms with Crippen LogP contribution in [-0.2, 0) is 4.79 Å². The van der Waals surface area contributed by atoms with E-state index >= 15 is 0 Å². The summed E-state index contributed by atoms with van der Waals surface area (Å²) in [6.45, 7) is 1.39. The predicted octanol–water partition coefficient (Wildman–Crippen LogP) is 5.03. The van der Waals surface area contributed by atoms with Crippen LogP contribution in [0.15, 0.2) is 53.4 Å². The Hall–Kier alpha value is -1.60. The Labute approximate surface area is 173 Å². The van der Waals surface area contributed by atoms with Gasteiger partial charge < -0.3 is 4.90 Å². The fraction of sp³-hybridized carbons (Fsp3) is 0.300. The number of nitrogens with zero attached hydrogens (tertiary/aromatic N) is 3. The van der Waals surface area contributed by atoms with Crippen molar-refractivity contribution < 1.29 is 4.79 Å². The molecule has 3 rings (SSSR count). The maximum atomic E-state index is 12.9. The zero-order valence-corrected chi connectivity index (χ0v) is 17.8. The second-order valence-corrected chi connectivity index (χ2v) is 8.93. The van der Waals surface area contributed by atoms with E-state index in [-0.39, 0.29) is 5.91 Å². The Morgan fingerprint density at radius 3 is 2.59 bits per heavy atom. The van der Waals surface area contributed by atoms with Gasteiger partial charge in [-0.25, -0.2) is 4.98 Å². The summed E-state index contributed by atoms with van der Waals surface area (Å²) in [6, 6.07) is 15.9. The van der Waals surface area contributed by atoms with Crippen LogP contribution in [0.3, 0.4) is 0 Å². The van der Waals surface area contributed by atoms with Gasteiger partial charge in [-0.1, -0.05) is 47.2 Å². The number of thiazole rings is 1. The molecule has 0 bridgehead atoms. The van der Waals surface area contributed by atoms with Gasteiger partial charge in [0.25, 0.3) is 0 Å². The summed E-state index contributed by atoms with van der Waals surface area (Å²) in [5, 5.41) is 1.34. The lowest BCUT2D eigenvalue weighted by atomic mass is 10.3. The van der Waals surface area contributed by atoms with Crippen molar-refractivity contribution in [1.29, 1.82) is 0 Å². The molecule has 0 fully saturated rings. The van der Waals surface area contributed by atoms with Crippen LogP contribution in [0.25, 0.3) is 10.2 Å². The van der Waals surface area contributed by atoms with Crippen LogP contribution in [0.4, 0.5) is 5.13 Å². The maximum Gasteiger partial charge on any atom is 0.229 e. The number of hydrogen-bond donors (Lipinski definition) is 0. The van der Waals surface area contributed by atoms with Crippen LogP contribution in [0.2, 0.25) is 5.02 Å². The van der Waals surface area contributed by atoms with E-state index in [1.54, 1.807) is 16.7 Å². The maximum absolute atomic E-state index is 12.9. The standard InChI is InChI=1S/C20H22ClN3OS2/c1-23(2)12-13-24(18(25)11-14-26-15-7-4-3-5-8-15)20-22-19-16(21)9-6-10-17(19)27-20/h3-10H,11-14H2,1-2H3. The highest BCUT2D eigenvalue weighted by atomic mass is 35.5. The number of hydrogen-bond acceptors (Lipinski definition) is 5. The molecular weight excluding hydrogens is 398 g/mol. The molecule has 0 unspecified atom stereocenters. The van der Waals surface area contributed by atoms with Crippen molar-refractivity contribution in [2.75, 3.05) is 37.8 Å². The van der Waals surface area contributed by atoms with Crippen molar-refractivity contribution in [1.82, 2.24) is 9.88 Å². The first-order valence-electron chi connectivity index (χ1n) is 8.72. The third kappa shape index (κ3) is 5.45. The van der Waals surface area contributed by atoms with Crippen LogP contribution < -0.4 is 4.90 Å². The van der Waals surface area contributed by atoms with E-state index in [4.69, 9.17) is 11.6 Å². The fourth-order valence-electron chi connectivity index (χ4n) is 2.55. The lowest BCUT2D eigenvalue weighted by molar-refractivity contribution is -0.118. The SMILES string of the molecule is CN(C)CCN(C(=O)CCSc1ccccc1)c1nc2c(Cl)cccc2s1. The molecule has 0 spiro atoms. The van der Waals surface area contributed by atoms with Gasteiger partial charge in [0.1, 0.15) is 5.52 Å². The zero-order valence-electron chi connectivity index (χ0n) is 15.4. The van der Waals surface area contributed by atoms with Gasteiger partial charge in [0.2, 0.25) is 5.91 Å². The average Bonchev–Trinajstić information content (AvgIpc) is 3.08. The second kappa shape index (κ2) is 9.55. The summed E-state index contributed by atoms with van der Waals surface area (Å²) in [7, 11) is 4.01. The molecule has 7 heteroatoms. The minimum atomic E-state index is 0.0930. The topological polar surface area (TPSA) is 36.4 Å². The second-order valence-electron chi connectivity index (χ2n) is 6.34. The first kappa shape index (κ1) is 20.1. The van der Waals surface area contributed by atoms with Crippen LogP contribution in [0.1, 0.15) is 6.42 Å². The number of halogens is 1. The Balaban J connectivity index is 1.73. The molecule has 0 atom stereocenters. The normalized spacial score (nSPS) is 11.3. The number of aromatic nitrogens is 1. The summed E-state index contributed by atoms with van der Waals surface area (Å²) < 4.78 is 0.999. The van der Waals surface area contributed by atoms with Crippen LogP contribution in [0, 0.1) is 0 Å². The number of likely N-dealkylation sites (N-methyl/N-ethyl adjacent to an activating group) is 1. The van der Waals surface area contributed by atoms with Crippen molar-refractivity contribution in [2.45, 2.75) is 11.3 Å². The third-order valence-electron chi connectivity index (χ3n) is 3.99. The first-order valence-corrected chi connectivity index (χ1v) is 10.9. The lowest BCUT2D eigenvalue weighted by Gasteiger charge is -2.22. The van der Waals surface area contributed by atoms with E-state index in [1.807, 2.05) is 50.5 Å². The number of amides is 1. The van der Waals surface area contributed by atoms with E-state index in [0.29, 0.717) is 18.0 Å². The number of para-hydroxylation sites is 1. The Morgan fingerprint density at radius 2 is 1.89 bits per heavy atom. The highest BCUT2D eigenvalue weighted by molar-refractivity contribution is 7.99. The van der Waals surface area contributed by atoms with Crippen LogP contribution in [0.5, 0.6) is 0 Å². The Bertz CT molecular complexity index is 899. The number of thioether (sulfide) groups is 1. The molecule has 1 amide bonds. The van der Waals surface area contributed by atoms with E-state index in [1.165, 1.54) is 16.2 Å². The summed E-state index contributed by atoms with van der Waals surface area (Å²) in [4.78, 5) is 22.6. The number of fused-ring (bicyclic) bond motifs is 1. The van der Waals surface area contributed by atoms with Crippen molar-refractivity contribution in [3.63, 3.8) is 0 Å². The van der Waals surface area contributed by atoms with E-state index in [0.717, 1.165) is 27.6 Å². The van der Waals surface area contributed by atoms with Crippen molar-refractivity contribution in [2.24, 2.45) is 0 Å². The Kier molecular flexibility index (Phi) is 7.13. The number of anilines is 1. The van der Waals surface area contributed by atoms with E-state index in [2.05, 4.69) is 22.0 Å². The molecule has 1 heterocycles. The van der Waals surface area contributed by atoms with Crippen LogP contribution >= 0.6 is 34.7 Å². The largest absolute Gasteiger partial charge is 0.308 e. The average molecular weight is 420 g/mol. The number of carbonyl (C=O) groups excluding carboxylic acids is 1. The van der Waals surface area contributed by atoms with Gasteiger partial charge in [-0.05, 0) is 38.4 Å². The molecular formula is C20H22ClN3OS2. The van der Waals surface area contributed by atoms with Gasteiger partial charge in [0.15, 0.2) is 5.13 Å². The minimum absolute atomic E-state index is 0.0930. The molecule has 0 N–H and O–H groups in total. The van der Waals surface area contributed by atoms with Crippen molar-refractivity contribution in [3.8, 4) is 0 Å². The van der Waals surface area contributed by atoms with Crippen LogP contribution in [-0.4, -0.2) is 48.7 Å².